The van der Waals surface area contributed by atoms with E-state index in [4.69, 9.17) is 15.7 Å². The first-order valence-electron chi connectivity index (χ1n) is 5.82. The van der Waals surface area contributed by atoms with E-state index in [0.29, 0.717) is 5.75 Å². The molecule has 8 heteroatoms. The predicted octanol–water partition coefficient (Wildman–Crippen LogP) is 1.37. The summed E-state index contributed by atoms with van der Waals surface area (Å²) in [5, 5.41) is 11.6. The Kier molecular flexibility index (Phi) is 4.08. The number of nitrogens with zero attached hydrogens (tertiary/aromatic N) is 2. The lowest BCUT2D eigenvalue weighted by Crippen LogP contribution is -2.16. The maximum Gasteiger partial charge on any atom is 0.192 e. The third-order valence-corrected chi connectivity index (χ3v) is 3.69. The van der Waals surface area contributed by atoms with Gasteiger partial charge in [0, 0.05) is 12.5 Å². The van der Waals surface area contributed by atoms with Gasteiger partial charge < -0.3 is 15.7 Å². The maximum atomic E-state index is 11.5. The van der Waals surface area contributed by atoms with Gasteiger partial charge in [-0.3, -0.25) is 0 Å². The zero-order chi connectivity index (χ0) is 15.5. The minimum Gasteiger partial charge on any atom is -0.455 e. The Morgan fingerprint density at radius 2 is 2.10 bits per heavy atom. The van der Waals surface area contributed by atoms with Crippen molar-refractivity contribution in [3.8, 4) is 11.5 Å². The molecule has 1 heterocycles. The van der Waals surface area contributed by atoms with E-state index in [-0.39, 0.29) is 22.2 Å². The molecular weight excluding hydrogens is 294 g/mol. The molecule has 0 aliphatic heterocycles. The fourth-order valence-corrected chi connectivity index (χ4v) is 2.26. The van der Waals surface area contributed by atoms with Crippen molar-refractivity contribution >= 4 is 15.7 Å². The van der Waals surface area contributed by atoms with E-state index < -0.39 is 9.84 Å². The molecule has 1 aromatic carbocycles. The lowest BCUT2D eigenvalue weighted by atomic mass is 10.3. The summed E-state index contributed by atoms with van der Waals surface area (Å²) in [4.78, 5) is 4.09. The van der Waals surface area contributed by atoms with Crippen LogP contribution in [0.2, 0.25) is 0 Å². The van der Waals surface area contributed by atoms with Gasteiger partial charge in [-0.25, -0.2) is 13.4 Å². The smallest absolute Gasteiger partial charge is 0.192 e. The standard InChI is InChI=1S/C13H13N3O4S/c1-21(18,19)10-5-2-4-9(8-10)20-11-6-3-7-15-12(11)13(14)16-17/h2-8,17H,1H3,(H2,14,16). The van der Waals surface area contributed by atoms with Gasteiger partial charge in [-0.15, -0.1) is 0 Å². The minimum absolute atomic E-state index is 0.134. The maximum absolute atomic E-state index is 11.5. The van der Waals surface area contributed by atoms with Crippen molar-refractivity contribution in [2.45, 2.75) is 4.90 Å². The second kappa shape index (κ2) is 5.80. The molecule has 0 bridgehead atoms. The molecule has 0 saturated heterocycles. The first kappa shape index (κ1) is 14.8. The second-order valence-electron chi connectivity index (χ2n) is 4.18. The molecule has 21 heavy (non-hydrogen) atoms. The molecule has 0 fully saturated rings. The Morgan fingerprint density at radius 1 is 1.33 bits per heavy atom. The van der Waals surface area contributed by atoms with Crippen molar-refractivity contribution in [2.24, 2.45) is 10.9 Å². The van der Waals surface area contributed by atoms with Crippen molar-refractivity contribution in [1.82, 2.24) is 4.98 Å². The summed E-state index contributed by atoms with van der Waals surface area (Å²) in [7, 11) is -3.33. The van der Waals surface area contributed by atoms with Gasteiger partial charge in [0.25, 0.3) is 0 Å². The summed E-state index contributed by atoms with van der Waals surface area (Å²) in [5.41, 5.74) is 5.67. The molecule has 110 valence electrons. The summed E-state index contributed by atoms with van der Waals surface area (Å²) in [6.45, 7) is 0. The highest BCUT2D eigenvalue weighted by Gasteiger charge is 2.12. The van der Waals surface area contributed by atoms with Gasteiger partial charge in [0.2, 0.25) is 0 Å². The monoisotopic (exact) mass is 307 g/mol. The number of hydrogen-bond donors (Lipinski definition) is 2. The van der Waals surface area contributed by atoms with Gasteiger partial charge in [0.1, 0.15) is 5.75 Å². The van der Waals surface area contributed by atoms with Crippen LogP contribution in [0.15, 0.2) is 52.6 Å². The summed E-state index contributed by atoms with van der Waals surface area (Å²) in [6.07, 6.45) is 2.57. The highest BCUT2D eigenvalue weighted by Crippen LogP contribution is 2.25. The number of nitrogens with two attached hydrogens (primary N) is 1. The van der Waals surface area contributed by atoms with Crippen LogP contribution < -0.4 is 10.5 Å². The molecule has 0 spiro atoms. The van der Waals surface area contributed by atoms with Gasteiger partial charge in [-0.2, -0.15) is 0 Å². The number of benzene rings is 1. The molecule has 0 atom stereocenters. The first-order valence-corrected chi connectivity index (χ1v) is 7.72. The highest BCUT2D eigenvalue weighted by molar-refractivity contribution is 7.90. The average Bonchev–Trinajstić information content (AvgIpc) is 2.46. The molecule has 0 amide bonds. The molecule has 3 N–H and O–H groups in total. The van der Waals surface area contributed by atoms with Crippen molar-refractivity contribution in [1.29, 1.82) is 0 Å². The average molecular weight is 307 g/mol. The topological polar surface area (TPSA) is 115 Å². The van der Waals surface area contributed by atoms with E-state index >= 15 is 0 Å². The first-order chi connectivity index (χ1) is 9.91. The van der Waals surface area contributed by atoms with E-state index in [1.54, 1.807) is 24.3 Å². The molecule has 0 radical (unpaired) electrons. The minimum atomic E-state index is -3.33. The molecular formula is C13H13N3O4S. The number of amidine groups is 1. The fraction of sp³-hybridized carbons (Fsp3) is 0.0769. The number of pyridine rings is 1. The van der Waals surface area contributed by atoms with E-state index in [1.807, 2.05) is 0 Å². The Bertz CT molecular complexity index is 788. The van der Waals surface area contributed by atoms with Crippen LogP contribution in [0.3, 0.4) is 0 Å². The van der Waals surface area contributed by atoms with Crippen LogP contribution in [0.1, 0.15) is 5.69 Å². The molecule has 0 unspecified atom stereocenters. The summed E-state index contributed by atoms with van der Waals surface area (Å²) in [5.74, 6) is 0.348. The summed E-state index contributed by atoms with van der Waals surface area (Å²) < 4.78 is 28.6. The Balaban J connectivity index is 2.40. The molecule has 0 aliphatic carbocycles. The SMILES string of the molecule is CS(=O)(=O)c1cccc(Oc2cccnc2/C(N)=N/O)c1. The quantitative estimate of drug-likeness (QED) is 0.381. The van der Waals surface area contributed by atoms with Crippen LogP contribution in [0.4, 0.5) is 0 Å². The molecule has 2 rings (SSSR count). The second-order valence-corrected chi connectivity index (χ2v) is 6.20. The zero-order valence-electron chi connectivity index (χ0n) is 11.1. The van der Waals surface area contributed by atoms with Crippen molar-refractivity contribution in [3.05, 3.63) is 48.3 Å². The van der Waals surface area contributed by atoms with Crippen molar-refractivity contribution in [3.63, 3.8) is 0 Å². The van der Waals surface area contributed by atoms with Crippen LogP contribution >= 0.6 is 0 Å². The number of oxime groups is 1. The molecule has 0 saturated carbocycles. The number of ether oxygens (including phenoxy) is 1. The van der Waals surface area contributed by atoms with Crippen LogP contribution in [0.25, 0.3) is 0 Å². The normalized spacial score (nSPS) is 12.1. The van der Waals surface area contributed by atoms with Crippen LogP contribution in [-0.4, -0.2) is 30.7 Å². The summed E-state index contributed by atoms with van der Waals surface area (Å²) >= 11 is 0. The molecule has 0 aliphatic rings. The van der Waals surface area contributed by atoms with E-state index in [0.717, 1.165) is 6.26 Å². The number of aromatic nitrogens is 1. The third kappa shape index (κ3) is 3.48. The number of hydrogen-bond acceptors (Lipinski definition) is 6. The lowest BCUT2D eigenvalue weighted by Gasteiger charge is -2.10. The summed E-state index contributed by atoms with van der Waals surface area (Å²) in [6, 6.07) is 9.20. The fourth-order valence-electron chi connectivity index (χ4n) is 1.61. The third-order valence-electron chi connectivity index (χ3n) is 2.58. The van der Waals surface area contributed by atoms with Gasteiger partial charge in [0.05, 0.1) is 4.90 Å². The van der Waals surface area contributed by atoms with E-state index in [1.165, 1.54) is 18.3 Å². The van der Waals surface area contributed by atoms with Crippen LogP contribution in [0, 0.1) is 0 Å². The van der Waals surface area contributed by atoms with Crippen molar-refractivity contribution in [2.75, 3.05) is 6.26 Å². The molecule has 1 aromatic heterocycles. The van der Waals surface area contributed by atoms with Gasteiger partial charge >= 0.3 is 0 Å². The Labute approximate surface area is 121 Å². The highest BCUT2D eigenvalue weighted by atomic mass is 32.2. The van der Waals surface area contributed by atoms with Gasteiger partial charge in [0.15, 0.2) is 27.1 Å². The zero-order valence-corrected chi connectivity index (χ0v) is 11.9. The Hall–Kier alpha value is -2.61. The van der Waals surface area contributed by atoms with Crippen molar-refractivity contribution < 1.29 is 18.4 Å². The van der Waals surface area contributed by atoms with Gasteiger partial charge in [-0.05, 0) is 30.3 Å². The Morgan fingerprint density at radius 3 is 2.76 bits per heavy atom. The van der Waals surface area contributed by atoms with Crippen LogP contribution in [0.5, 0.6) is 11.5 Å². The van der Waals surface area contributed by atoms with Crippen LogP contribution in [-0.2, 0) is 9.84 Å². The largest absolute Gasteiger partial charge is 0.455 e. The lowest BCUT2D eigenvalue weighted by molar-refractivity contribution is 0.318. The predicted molar refractivity (Wildman–Crippen MR) is 76.4 cm³/mol. The van der Waals surface area contributed by atoms with E-state index in [2.05, 4.69) is 10.1 Å². The molecule has 7 nitrogen and oxygen atoms in total. The molecule has 2 aromatic rings. The number of sulfone groups is 1. The number of rotatable bonds is 4. The van der Waals surface area contributed by atoms with Gasteiger partial charge in [-0.1, -0.05) is 11.2 Å². The van der Waals surface area contributed by atoms with E-state index in [9.17, 15) is 8.42 Å².